The largest absolute Gasteiger partial charge is 0.472 e. The molecule has 0 heterocycles. The van der Waals surface area contributed by atoms with Gasteiger partial charge in [0.1, 0.15) is 19.3 Å². The van der Waals surface area contributed by atoms with Crippen molar-refractivity contribution in [2.45, 2.75) is 381 Å². The van der Waals surface area contributed by atoms with Gasteiger partial charge < -0.3 is 33.8 Å². The first-order valence-corrected chi connectivity index (χ1v) is 40.4. The minimum Gasteiger partial charge on any atom is -0.462 e. The standard InChI is InChI=1S/C72H140O17P2/c1-8-10-11-12-29-39-46-53-69(74)82-59-67(89-72(77)56-49-42-35-28-27-32-38-45-52-65(7)9-2)61-86-90(78,79)84-57-66(73)58-85-91(80,81)87-62-68(60-83-70(75)54-47-40-33-25-22-21-24-31-37-44-51-64(5)6)88-71(76)55-48-41-34-26-20-18-16-14-13-15-17-19-23-30-36-43-50-63(3)4/h63-68,73H,8-62H2,1-7H3,(H,78,79)(H,80,81)/t65?,66-,67+,68+/m0/s1. The molecule has 0 spiro atoms. The molecule has 0 aliphatic rings. The number of aliphatic hydroxyl groups excluding tert-OH is 1. The van der Waals surface area contributed by atoms with E-state index in [1.54, 1.807) is 0 Å². The number of ether oxygens (including phenoxy) is 4. The van der Waals surface area contributed by atoms with E-state index in [0.29, 0.717) is 25.7 Å². The summed E-state index contributed by atoms with van der Waals surface area (Å²) in [6.07, 6.45) is 47.3. The number of esters is 4. The maximum atomic E-state index is 13.0. The van der Waals surface area contributed by atoms with Crippen LogP contribution in [-0.4, -0.2) is 96.7 Å². The minimum absolute atomic E-state index is 0.104. The molecular formula is C72H140O17P2. The summed E-state index contributed by atoms with van der Waals surface area (Å²) in [6.45, 7) is 11.8. The van der Waals surface area contributed by atoms with Crippen molar-refractivity contribution in [1.29, 1.82) is 0 Å². The summed E-state index contributed by atoms with van der Waals surface area (Å²) in [5.41, 5.74) is 0. The van der Waals surface area contributed by atoms with Gasteiger partial charge in [0.25, 0.3) is 0 Å². The number of rotatable bonds is 70. The predicted molar refractivity (Wildman–Crippen MR) is 368 cm³/mol. The van der Waals surface area contributed by atoms with Crippen molar-refractivity contribution in [3.05, 3.63) is 0 Å². The molecule has 17 nitrogen and oxygen atoms in total. The minimum atomic E-state index is -4.95. The molecule has 0 aromatic carbocycles. The Bertz CT molecular complexity index is 1790. The lowest BCUT2D eigenvalue weighted by atomic mass is 9.99. The average Bonchev–Trinajstić information content (AvgIpc) is 3.71. The maximum absolute atomic E-state index is 13.0. The molecule has 0 amide bonds. The first kappa shape index (κ1) is 89.1. The van der Waals surface area contributed by atoms with Crippen LogP contribution in [0.25, 0.3) is 0 Å². The van der Waals surface area contributed by atoms with Crippen molar-refractivity contribution in [1.82, 2.24) is 0 Å². The molecule has 0 aliphatic carbocycles. The van der Waals surface area contributed by atoms with Gasteiger partial charge in [0.05, 0.1) is 26.4 Å². The highest BCUT2D eigenvalue weighted by molar-refractivity contribution is 7.47. The Morgan fingerprint density at radius 1 is 0.319 bits per heavy atom. The Kier molecular flexibility index (Phi) is 61.5. The number of carbonyl (C=O) groups is 4. The van der Waals surface area contributed by atoms with Crippen molar-refractivity contribution in [3.8, 4) is 0 Å². The third-order valence-corrected chi connectivity index (χ3v) is 18.9. The van der Waals surface area contributed by atoms with Gasteiger partial charge in [-0.1, -0.05) is 312 Å². The summed E-state index contributed by atoms with van der Waals surface area (Å²) in [6, 6.07) is 0. The zero-order valence-electron chi connectivity index (χ0n) is 59.3. The number of hydrogen-bond donors (Lipinski definition) is 3. The van der Waals surface area contributed by atoms with Crippen LogP contribution in [0.5, 0.6) is 0 Å². The van der Waals surface area contributed by atoms with Gasteiger partial charge in [-0.3, -0.25) is 37.3 Å². The van der Waals surface area contributed by atoms with Crippen LogP contribution in [0.3, 0.4) is 0 Å². The highest BCUT2D eigenvalue weighted by atomic mass is 31.2. The van der Waals surface area contributed by atoms with Gasteiger partial charge in [-0.25, -0.2) is 9.13 Å². The third-order valence-electron chi connectivity index (χ3n) is 17.0. The molecule has 0 aromatic rings. The van der Waals surface area contributed by atoms with Crippen molar-refractivity contribution in [2.75, 3.05) is 39.6 Å². The van der Waals surface area contributed by atoms with Crippen molar-refractivity contribution in [3.63, 3.8) is 0 Å². The van der Waals surface area contributed by atoms with Gasteiger partial charge in [0.2, 0.25) is 0 Å². The highest BCUT2D eigenvalue weighted by Gasteiger charge is 2.30. The lowest BCUT2D eigenvalue weighted by molar-refractivity contribution is -0.161. The van der Waals surface area contributed by atoms with E-state index < -0.39 is 97.5 Å². The molecule has 3 unspecified atom stereocenters. The van der Waals surface area contributed by atoms with E-state index in [1.165, 1.54) is 161 Å². The van der Waals surface area contributed by atoms with E-state index in [2.05, 4.69) is 48.5 Å². The lowest BCUT2D eigenvalue weighted by Crippen LogP contribution is -2.30. The van der Waals surface area contributed by atoms with Crippen LogP contribution in [-0.2, 0) is 65.4 Å². The second-order valence-corrected chi connectivity index (χ2v) is 30.1. The van der Waals surface area contributed by atoms with Crippen LogP contribution in [0, 0.1) is 17.8 Å². The van der Waals surface area contributed by atoms with E-state index >= 15 is 0 Å². The lowest BCUT2D eigenvalue weighted by Gasteiger charge is -2.21. The summed E-state index contributed by atoms with van der Waals surface area (Å²) in [5, 5.41) is 10.6. The quantitative estimate of drug-likeness (QED) is 0.0222. The molecule has 19 heteroatoms. The fourth-order valence-electron chi connectivity index (χ4n) is 10.9. The van der Waals surface area contributed by atoms with Gasteiger partial charge in [-0.2, -0.15) is 0 Å². The molecule has 0 radical (unpaired) electrons. The van der Waals surface area contributed by atoms with Crippen molar-refractivity contribution >= 4 is 39.5 Å². The summed E-state index contributed by atoms with van der Waals surface area (Å²) >= 11 is 0. The Balaban J connectivity index is 5.19. The Morgan fingerprint density at radius 2 is 0.560 bits per heavy atom. The van der Waals surface area contributed by atoms with Gasteiger partial charge in [-0.05, 0) is 43.4 Å². The van der Waals surface area contributed by atoms with Crippen LogP contribution >= 0.6 is 15.6 Å². The van der Waals surface area contributed by atoms with Crippen LogP contribution in [0.15, 0.2) is 0 Å². The van der Waals surface area contributed by atoms with E-state index in [1.807, 2.05) is 0 Å². The van der Waals surface area contributed by atoms with E-state index in [0.717, 1.165) is 120 Å². The Hall–Kier alpha value is -1.94. The number of aliphatic hydroxyl groups is 1. The molecule has 0 aliphatic heterocycles. The highest BCUT2D eigenvalue weighted by Crippen LogP contribution is 2.45. The molecule has 540 valence electrons. The van der Waals surface area contributed by atoms with Crippen LogP contribution < -0.4 is 0 Å². The molecule has 0 aromatic heterocycles. The molecular weight excluding hydrogens is 1200 g/mol. The fourth-order valence-corrected chi connectivity index (χ4v) is 12.4. The molecule has 0 rings (SSSR count). The maximum Gasteiger partial charge on any atom is 0.472 e. The van der Waals surface area contributed by atoms with Crippen LogP contribution in [0.4, 0.5) is 0 Å². The number of hydrogen-bond acceptors (Lipinski definition) is 15. The number of carbonyl (C=O) groups excluding carboxylic acids is 4. The molecule has 0 saturated heterocycles. The molecule has 0 fully saturated rings. The third kappa shape index (κ3) is 65.1. The van der Waals surface area contributed by atoms with E-state index in [4.69, 9.17) is 37.0 Å². The Labute approximate surface area is 556 Å². The number of phosphoric acid groups is 2. The van der Waals surface area contributed by atoms with Gasteiger partial charge in [0, 0.05) is 25.7 Å². The van der Waals surface area contributed by atoms with E-state index in [-0.39, 0.29) is 25.7 Å². The van der Waals surface area contributed by atoms with Crippen LogP contribution in [0.2, 0.25) is 0 Å². The Morgan fingerprint density at radius 3 is 0.835 bits per heavy atom. The summed E-state index contributed by atoms with van der Waals surface area (Å²) in [7, 11) is -9.90. The van der Waals surface area contributed by atoms with Crippen molar-refractivity contribution < 1.29 is 80.2 Å². The van der Waals surface area contributed by atoms with Gasteiger partial charge in [-0.15, -0.1) is 0 Å². The van der Waals surface area contributed by atoms with Gasteiger partial charge >= 0.3 is 39.5 Å². The van der Waals surface area contributed by atoms with E-state index in [9.17, 15) is 43.2 Å². The predicted octanol–water partition coefficient (Wildman–Crippen LogP) is 20.6. The molecule has 0 bridgehead atoms. The summed E-state index contributed by atoms with van der Waals surface area (Å²) in [4.78, 5) is 72.5. The molecule has 6 atom stereocenters. The SMILES string of the molecule is CCCCCCCCCC(=O)OC[C@H](COP(=O)(O)OC[C@H](O)COP(=O)(O)OC[C@@H](COC(=O)CCCCCCCCCCCCC(C)C)OC(=O)CCCCCCCCCCCCCCCCCCC(C)C)OC(=O)CCCCCCCCCCC(C)CC. The number of phosphoric ester groups is 2. The van der Waals surface area contributed by atoms with Crippen molar-refractivity contribution in [2.24, 2.45) is 17.8 Å². The topological polar surface area (TPSA) is 237 Å². The first-order chi connectivity index (χ1) is 43.8. The monoisotopic (exact) mass is 1340 g/mol. The molecule has 3 N–H and O–H groups in total. The summed E-state index contributed by atoms with van der Waals surface area (Å²) < 4.78 is 68.3. The van der Waals surface area contributed by atoms with Gasteiger partial charge in [0.15, 0.2) is 12.2 Å². The fraction of sp³-hybridized carbons (Fsp3) is 0.944. The number of unbranched alkanes of at least 4 members (excludes halogenated alkanes) is 37. The summed E-state index contributed by atoms with van der Waals surface area (Å²) in [5.74, 6) is 0.209. The zero-order chi connectivity index (χ0) is 67.3. The second-order valence-electron chi connectivity index (χ2n) is 27.2. The zero-order valence-corrected chi connectivity index (χ0v) is 61.1. The second kappa shape index (κ2) is 62.8. The first-order valence-electron chi connectivity index (χ1n) is 37.4. The molecule has 0 saturated carbocycles. The van der Waals surface area contributed by atoms with Crippen LogP contribution in [0.1, 0.15) is 363 Å². The average molecular weight is 1340 g/mol. The smallest absolute Gasteiger partial charge is 0.462 e. The normalized spacial score (nSPS) is 14.5. The molecule has 91 heavy (non-hydrogen) atoms.